The summed E-state index contributed by atoms with van der Waals surface area (Å²) >= 11 is 0. The number of aliphatic imine (C=N–C) groups is 1. The van der Waals surface area contributed by atoms with Gasteiger partial charge in [0.15, 0.2) is 5.88 Å². The normalized spacial score (nSPS) is 10.1. The highest BCUT2D eigenvalue weighted by atomic mass is 32.2. The standard InChI is InChI=1S/C2H3NO4S/c4-1-3-2-8(5,6)7/h2H2,(H,5,6,7). The van der Waals surface area contributed by atoms with Gasteiger partial charge in [-0.3, -0.25) is 4.55 Å². The average Bonchev–Trinajstić information content (AvgIpc) is 1.59. The van der Waals surface area contributed by atoms with Gasteiger partial charge in [0.05, 0.1) is 0 Å². The molecule has 6 heteroatoms. The third kappa shape index (κ3) is 5.29. The zero-order valence-corrected chi connectivity index (χ0v) is 4.55. The van der Waals surface area contributed by atoms with Crippen LogP contribution in [0, 0.1) is 0 Å². The fraction of sp³-hybridized carbons (Fsp3) is 0.500. The van der Waals surface area contributed by atoms with Crippen molar-refractivity contribution in [2.24, 2.45) is 4.99 Å². The van der Waals surface area contributed by atoms with Crippen LogP contribution in [0.3, 0.4) is 0 Å². The summed E-state index contributed by atoms with van der Waals surface area (Å²) in [5, 5.41) is 0. The van der Waals surface area contributed by atoms with E-state index < -0.39 is 16.0 Å². The number of carbonyl (C=O) groups excluding carboxylic acids is 1. The van der Waals surface area contributed by atoms with Crippen molar-refractivity contribution in [1.82, 2.24) is 0 Å². The van der Waals surface area contributed by atoms with Gasteiger partial charge in [-0.05, 0) is 0 Å². The Morgan fingerprint density at radius 1 is 1.62 bits per heavy atom. The van der Waals surface area contributed by atoms with E-state index in [0.29, 0.717) is 0 Å². The smallest absolute Gasteiger partial charge is 0.284 e. The van der Waals surface area contributed by atoms with Crippen molar-refractivity contribution >= 4 is 16.2 Å². The summed E-state index contributed by atoms with van der Waals surface area (Å²) < 4.78 is 27.2. The number of isocyanates is 1. The van der Waals surface area contributed by atoms with Crippen LogP contribution in [0.5, 0.6) is 0 Å². The fourth-order valence-electron chi connectivity index (χ4n) is 0.108. The van der Waals surface area contributed by atoms with Crippen molar-refractivity contribution < 1.29 is 17.8 Å². The molecule has 0 aromatic rings. The maximum atomic E-state index is 9.67. The molecule has 0 saturated carbocycles. The van der Waals surface area contributed by atoms with Gasteiger partial charge < -0.3 is 0 Å². The maximum Gasteiger partial charge on any atom is 0.286 e. The van der Waals surface area contributed by atoms with Crippen LogP contribution < -0.4 is 0 Å². The molecule has 0 unspecified atom stereocenters. The summed E-state index contributed by atoms with van der Waals surface area (Å²) in [6, 6.07) is 0. The predicted molar refractivity (Wildman–Crippen MR) is 24.5 cm³/mol. The van der Waals surface area contributed by atoms with E-state index in [1.54, 1.807) is 0 Å². The topological polar surface area (TPSA) is 83.8 Å². The summed E-state index contributed by atoms with van der Waals surface area (Å²) in [5.74, 6) is -0.906. The maximum absolute atomic E-state index is 9.67. The van der Waals surface area contributed by atoms with E-state index in [2.05, 4.69) is 4.99 Å². The zero-order chi connectivity index (χ0) is 6.62. The minimum Gasteiger partial charge on any atom is -0.284 e. The van der Waals surface area contributed by atoms with Crippen LogP contribution in [0.15, 0.2) is 4.99 Å². The lowest BCUT2D eigenvalue weighted by Crippen LogP contribution is -1.99. The molecule has 0 radical (unpaired) electrons. The van der Waals surface area contributed by atoms with Crippen LogP contribution >= 0.6 is 0 Å². The number of hydrogen-bond donors (Lipinski definition) is 1. The molecule has 0 rings (SSSR count). The van der Waals surface area contributed by atoms with E-state index >= 15 is 0 Å². The van der Waals surface area contributed by atoms with Crippen molar-refractivity contribution in [1.29, 1.82) is 0 Å². The predicted octanol–water partition coefficient (Wildman–Crippen LogP) is -0.833. The van der Waals surface area contributed by atoms with Gasteiger partial charge in [0.1, 0.15) is 0 Å². The molecule has 0 aromatic heterocycles. The van der Waals surface area contributed by atoms with Crippen LogP contribution in [-0.4, -0.2) is 24.9 Å². The van der Waals surface area contributed by atoms with Gasteiger partial charge in [0.2, 0.25) is 6.08 Å². The quantitative estimate of drug-likeness (QED) is 0.306. The van der Waals surface area contributed by atoms with Crippen LogP contribution in [0.25, 0.3) is 0 Å². The first-order valence-electron chi connectivity index (χ1n) is 1.55. The molecule has 0 bridgehead atoms. The number of hydrogen-bond acceptors (Lipinski definition) is 4. The summed E-state index contributed by atoms with van der Waals surface area (Å²) in [7, 11) is -4.12. The minimum atomic E-state index is -4.12. The molecule has 0 fully saturated rings. The molecule has 0 atom stereocenters. The molecule has 0 aromatic carbocycles. The molecule has 0 amide bonds. The lowest BCUT2D eigenvalue weighted by atomic mass is 11.4. The highest BCUT2D eigenvalue weighted by Gasteiger charge is 1.98. The third-order valence-electron chi connectivity index (χ3n) is 0.292. The Kier molecular flexibility index (Phi) is 2.33. The molecule has 46 valence electrons. The largest absolute Gasteiger partial charge is 0.286 e. The third-order valence-corrected chi connectivity index (χ3v) is 0.748. The van der Waals surface area contributed by atoms with Crippen molar-refractivity contribution in [2.75, 3.05) is 5.88 Å². The zero-order valence-electron chi connectivity index (χ0n) is 3.73. The Bertz CT molecular complexity index is 198. The molecule has 5 nitrogen and oxygen atoms in total. The highest BCUT2D eigenvalue weighted by Crippen LogP contribution is 1.78. The molecular weight excluding hydrogens is 134 g/mol. The van der Waals surface area contributed by atoms with E-state index in [-0.39, 0.29) is 0 Å². The Balaban J connectivity index is 3.94. The van der Waals surface area contributed by atoms with Crippen LogP contribution in [0.1, 0.15) is 0 Å². The monoisotopic (exact) mass is 137 g/mol. The summed E-state index contributed by atoms with van der Waals surface area (Å²) in [5.41, 5.74) is 0. The Hall–Kier alpha value is -0.710. The summed E-state index contributed by atoms with van der Waals surface area (Å²) in [6.45, 7) is 0. The van der Waals surface area contributed by atoms with Gasteiger partial charge in [-0.15, -0.1) is 0 Å². The number of rotatable bonds is 2. The second kappa shape index (κ2) is 2.56. The second-order valence-corrected chi connectivity index (χ2v) is 2.38. The molecule has 0 spiro atoms. The van der Waals surface area contributed by atoms with Crippen LogP contribution in [0.2, 0.25) is 0 Å². The average molecular weight is 137 g/mol. The molecular formula is C2H3NO4S. The Morgan fingerprint density at radius 2 is 2.12 bits per heavy atom. The summed E-state index contributed by atoms with van der Waals surface area (Å²) in [4.78, 5) is 11.8. The molecule has 0 aliphatic rings. The molecule has 0 aliphatic heterocycles. The van der Waals surface area contributed by atoms with Crippen molar-refractivity contribution in [3.05, 3.63) is 0 Å². The minimum absolute atomic E-state index is 0.906. The SMILES string of the molecule is O=C=NCS(=O)(=O)O. The van der Waals surface area contributed by atoms with E-state index in [9.17, 15) is 13.2 Å². The highest BCUT2D eigenvalue weighted by molar-refractivity contribution is 7.85. The first-order chi connectivity index (χ1) is 3.56. The Morgan fingerprint density at radius 3 is 2.25 bits per heavy atom. The van der Waals surface area contributed by atoms with E-state index in [1.807, 2.05) is 0 Å². The van der Waals surface area contributed by atoms with Gasteiger partial charge in [-0.25, -0.2) is 4.79 Å². The fourth-order valence-corrected chi connectivity index (χ4v) is 0.324. The van der Waals surface area contributed by atoms with E-state index in [1.165, 1.54) is 0 Å². The van der Waals surface area contributed by atoms with Gasteiger partial charge in [0.25, 0.3) is 10.1 Å². The summed E-state index contributed by atoms with van der Waals surface area (Å²) in [6.07, 6.45) is 0.960. The lowest BCUT2D eigenvalue weighted by Gasteiger charge is -1.80. The lowest BCUT2D eigenvalue weighted by molar-refractivity contribution is 0.483. The van der Waals surface area contributed by atoms with Gasteiger partial charge in [-0.2, -0.15) is 13.4 Å². The second-order valence-electron chi connectivity index (χ2n) is 0.960. The first kappa shape index (κ1) is 7.29. The van der Waals surface area contributed by atoms with Crippen LogP contribution in [-0.2, 0) is 14.9 Å². The van der Waals surface area contributed by atoms with E-state index in [0.717, 1.165) is 6.08 Å². The molecule has 0 saturated heterocycles. The van der Waals surface area contributed by atoms with Gasteiger partial charge in [-0.1, -0.05) is 0 Å². The van der Waals surface area contributed by atoms with Crippen molar-refractivity contribution in [2.45, 2.75) is 0 Å². The molecule has 8 heavy (non-hydrogen) atoms. The van der Waals surface area contributed by atoms with E-state index in [4.69, 9.17) is 4.55 Å². The first-order valence-corrected chi connectivity index (χ1v) is 3.16. The molecule has 1 N–H and O–H groups in total. The van der Waals surface area contributed by atoms with Crippen molar-refractivity contribution in [3.8, 4) is 0 Å². The Labute approximate surface area is 45.8 Å². The van der Waals surface area contributed by atoms with Gasteiger partial charge >= 0.3 is 0 Å². The van der Waals surface area contributed by atoms with Crippen LogP contribution in [0.4, 0.5) is 0 Å². The molecule has 0 heterocycles. The van der Waals surface area contributed by atoms with Gasteiger partial charge in [0, 0.05) is 0 Å². The molecule has 0 aliphatic carbocycles. The van der Waals surface area contributed by atoms with Crippen molar-refractivity contribution in [3.63, 3.8) is 0 Å². The number of nitrogens with zero attached hydrogens (tertiary/aromatic N) is 1.